The zero-order valence-corrected chi connectivity index (χ0v) is 13.7. The number of hydrogen-bond donors (Lipinski definition) is 2. The molecule has 0 aliphatic carbocycles. The molecule has 0 aliphatic rings. The molecule has 116 valence electrons. The largest absolute Gasteiger partial charge is 0.348 e. The van der Waals surface area contributed by atoms with Crippen molar-refractivity contribution >= 4 is 29.1 Å². The van der Waals surface area contributed by atoms with Gasteiger partial charge in [-0.3, -0.25) is 9.59 Å². The molecule has 1 rings (SSSR count). The first kappa shape index (κ1) is 17.5. The van der Waals surface area contributed by atoms with Crippen molar-refractivity contribution in [3.8, 4) is 0 Å². The van der Waals surface area contributed by atoms with E-state index in [0.717, 1.165) is 24.1 Å². The molecule has 0 unspecified atom stereocenters. The second-order valence-electron chi connectivity index (χ2n) is 5.31. The fourth-order valence-electron chi connectivity index (χ4n) is 1.92. The molecule has 1 aromatic rings. The summed E-state index contributed by atoms with van der Waals surface area (Å²) in [5.74, 6) is -1.35. The first-order valence-electron chi connectivity index (χ1n) is 6.82. The smallest absolute Gasteiger partial charge is 0.313 e. The van der Waals surface area contributed by atoms with E-state index in [0.29, 0.717) is 17.3 Å². The Kier molecular flexibility index (Phi) is 6.65. The van der Waals surface area contributed by atoms with Gasteiger partial charge in [-0.1, -0.05) is 17.7 Å². The second-order valence-corrected chi connectivity index (χ2v) is 5.71. The van der Waals surface area contributed by atoms with Crippen LogP contribution in [0.1, 0.15) is 17.5 Å². The van der Waals surface area contributed by atoms with E-state index in [-0.39, 0.29) is 0 Å². The van der Waals surface area contributed by atoms with Crippen molar-refractivity contribution in [3.63, 3.8) is 0 Å². The predicted molar refractivity (Wildman–Crippen MR) is 85.7 cm³/mol. The van der Waals surface area contributed by atoms with Crippen molar-refractivity contribution in [2.75, 3.05) is 32.5 Å². The van der Waals surface area contributed by atoms with Gasteiger partial charge in [-0.25, -0.2) is 0 Å². The fourth-order valence-corrected chi connectivity index (χ4v) is 2.29. The molecule has 0 heterocycles. The summed E-state index contributed by atoms with van der Waals surface area (Å²) in [6, 6.07) is 3.65. The maximum atomic E-state index is 11.8. The molecule has 0 aliphatic heterocycles. The lowest BCUT2D eigenvalue weighted by atomic mass is 10.1. The van der Waals surface area contributed by atoms with Gasteiger partial charge in [-0.15, -0.1) is 0 Å². The molecule has 0 aromatic heterocycles. The molecular formula is C15H22ClN3O2. The minimum Gasteiger partial charge on any atom is -0.348 e. The Morgan fingerprint density at radius 1 is 1.19 bits per heavy atom. The lowest BCUT2D eigenvalue weighted by molar-refractivity contribution is -0.136. The van der Waals surface area contributed by atoms with Crippen LogP contribution in [0.4, 0.5) is 5.69 Å². The standard InChI is InChI=1S/C15H22ClN3O2/c1-10-8-11(2)13(12(16)9-10)18-15(21)14(20)17-6-5-7-19(3)4/h8-9H,5-7H2,1-4H3,(H,17,20)(H,18,21). The summed E-state index contributed by atoms with van der Waals surface area (Å²) >= 11 is 6.09. The number of hydrogen-bond acceptors (Lipinski definition) is 3. The molecule has 21 heavy (non-hydrogen) atoms. The number of nitrogens with zero attached hydrogens (tertiary/aromatic N) is 1. The van der Waals surface area contributed by atoms with Gasteiger partial charge in [0.15, 0.2) is 0 Å². The number of rotatable bonds is 5. The first-order chi connectivity index (χ1) is 9.81. The zero-order chi connectivity index (χ0) is 16.0. The van der Waals surface area contributed by atoms with Gasteiger partial charge in [-0.2, -0.15) is 0 Å². The Balaban J connectivity index is 2.55. The van der Waals surface area contributed by atoms with E-state index in [1.807, 2.05) is 38.9 Å². The Hall–Kier alpha value is -1.59. The molecule has 2 amide bonds. The van der Waals surface area contributed by atoms with Gasteiger partial charge in [0.05, 0.1) is 10.7 Å². The van der Waals surface area contributed by atoms with E-state index >= 15 is 0 Å². The third kappa shape index (κ3) is 5.73. The lowest BCUT2D eigenvalue weighted by Crippen LogP contribution is -2.36. The zero-order valence-electron chi connectivity index (χ0n) is 12.9. The van der Waals surface area contributed by atoms with E-state index in [2.05, 4.69) is 10.6 Å². The normalized spacial score (nSPS) is 10.6. The monoisotopic (exact) mass is 311 g/mol. The van der Waals surface area contributed by atoms with Crippen molar-refractivity contribution in [1.29, 1.82) is 0 Å². The van der Waals surface area contributed by atoms with Crippen LogP contribution in [0.2, 0.25) is 5.02 Å². The van der Waals surface area contributed by atoms with E-state index in [1.54, 1.807) is 6.07 Å². The number of carbonyl (C=O) groups is 2. The molecule has 6 heteroatoms. The summed E-state index contributed by atoms with van der Waals surface area (Å²) in [4.78, 5) is 25.6. The fraction of sp³-hybridized carbons (Fsp3) is 0.467. The minimum absolute atomic E-state index is 0.432. The molecule has 1 aromatic carbocycles. The Morgan fingerprint density at radius 3 is 2.43 bits per heavy atom. The molecule has 0 atom stereocenters. The number of benzene rings is 1. The van der Waals surface area contributed by atoms with Gasteiger partial charge in [-0.05, 0) is 58.1 Å². The summed E-state index contributed by atoms with van der Waals surface area (Å²) in [5.41, 5.74) is 2.31. The second kappa shape index (κ2) is 8.00. The SMILES string of the molecule is Cc1cc(C)c(NC(=O)C(=O)NCCCN(C)C)c(Cl)c1. The number of amides is 2. The molecule has 0 spiro atoms. The van der Waals surface area contributed by atoms with Crippen LogP contribution < -0.4 is 10.6 Å². The summed E-state index contributed by atoms with van der Waals surface area (Å²) < 4.78 is 0. The predicted octanol–water partition coefficient (Wildman–Crippen LogP) is 1.96. The molecule has 5 nitrogen and oxygen atoms in total. The van der Waals surface area contributed by atoms with Crippen LogP contribution in [-0.2, 0) is 9.59 Å². The first-order valence-corrected chi connectivity index (χ1v) is 7.19. The number of nitrogens with one attached hydrogen (secondary N) is 2. The highest BCUT2D eigenvalue weighted by atomic mass is 35.5. The van der Waals surface area contributed by atoms with Gasteiger partial charge in [0.2, 0.25) is 0 Å². The van der Waals surface area contributed by atoms with Crippen molar-refractivity contribution in [2.45, 2.75) is 20.3 Å². The molecule has 0 radical (unpaired) electrons. The van der Waals surface area contributed by atoms with Crippen LogP contribution in [-0.4, -0.2) is 43.9 Å². The molecular weight excluding hydrogens is 290 g/mol. The highest BCUT2D eigenvalue weighted by molar-refractivity contribution is 6.41. The van der Waals surface area contributed by atoms with E-state index in [1.165, 1.54) is 0 Å². The highest BCUT2D eigenvalue weighted by Gasteiger charge is 2.16. The maximum absolute atomic E-state index is 11.8. The van der Waals surface area contributed by atoms with Crippen LogP contribution in [0.25, 0.3) is 0 Å². The van der Waals surface area contributed by atoms with Gasteiger partial charge in [0, 0.05) is 6.54 Å². The van der Waals surface area contributed by atoms with Gasteiger partial charge in [0.25, 0.3) is 0 Å². The van der Waals surface area contributed by atoms with Gasteiger partial charge >= 0.3 is 11.8 Å². The summed E-state index contributed by atoms with van der Waals surface area (Å²) in [6.45, 7) is 5.07. The van der Waals surface area contributed by atoms with Crippen molar-refractivity contribution in [2.24, 2.45) is 0 Å². The molecule has 0 fully saturated rings. The number of aryl methyl sites for hydroxylation is 2. The number of halogens is 1. The lowest BCUT2D eigenvalue weighted by Gasteiger charge is -2.12. The molecule has 0 saturated heterocycles. The highest BCUT2D eigenvalue weighted by Crippen LogP contribution is 2.27. The Bertz CT molecular complexity index is 507. The molecule has 0 saturated carbocycles. The van der Waals surface area contributed by atoms with Crippen molar-refractivity contribution < 1.29 is 9.59 Å². The van der Waals surface area contributed by atoms with E-state index in [9.17, 15) is 9.59 Å². The third-order valence-corrected chi connectivity index (χ3v) is 3.24. The minimum atomic E-state index is -0.700. The van der Waals surface area contributed by atoms with E-state index in [4.69, 9.17) is 11.6 Å². The maximum Gasteiger partial charge on any atom is 0.313 e. The van der Waals surface area contributed by atoms with Gasteiger partial charge in [0.1, 0.15) is 0 Å². The number of carbonyl (C=O) groups excluding carboxylic acids is 2. The van der Waals surface area contributed by atoms with Crippen LogP contribution in [0, 0.1) is 13.8 Å². The topological polar surface area (TPSA) is 61.4 Å². The molecule has 0 bridgehead atoms. The summed E-state index contributed by atoms with van der Waals surface area (Å²) in [6.07, 6.45) is 0.788. The number of anilines is 1. The van der Waals surface area contributed by atoms with Crippen LogP contribution >= 0.6 is 11.6 Å². The third-order valence-electron chi connectivity index (χ3n) is 2.94. The van der Waals surface area contributed by atoms with Crippen LogP contribution in [0.15, 0.2) is 12.1 Å². The quantitative estimate of drug-likeness (QED) is 0.645. The summed E-state index contributed by atoms with van der Waals surface area (Å²) in [7, 11) is 3.91. The van der Waals surface area contributed by atoms with E-state index < -0.39 is 11.8 Å². The Morgan fingerprint density at radius 2 is 1.86 bits per heavy atom. The van der Waals surface area contributed by atoms with Crippen molar-refractivity contribution in [3.05, 3.63) is 28.3 Å². The van der Waals surface area contributed by atoms with Crippen molar-refractivity contribution in [1.82, 2.24) is 10.2 Å². The van der Waals surface area contributed by atoms with Crippen LogP contribution in [0.3, 0.4) is 0 Å². The van der Waals surface area contributed by atoms with Crippen LogP contribution in [0.5, 0.6) is 0 Å². The summed E-state index contributed by atoms with van der Waals surface area (Å²) in [5, 5.41) is 5.58. The average molecular weight is 312 g/mol. The van der Waals surface area contributed by atoms with Gasteiger partial charge < -0.3 is 15.5 Å². The molecule has 2 N–H and O–H groups in total. The average Bonchev–Trinajstić information content (AvgIpc) is 2.38. The Labute approximate surface area is 130 Å².